The molecule has 0 aliphatic rings. The Morgan fingerprint density at radius 1 is 1.43 bits per heavy atom. The molecule has 3 nitrogen and oxygen atoms in total. The van der Waals surface area contributed by atoms with Crippen LogP contribution in [-0.4, -0.2) is 12.5 Å². The van der Waals surface area contributed by atoms with E-state index in [4.69, 9.17) is 5.73 Å². The van der Waals surface area contributed by atoms with Gasteiger partial charge in [-0.2, -0.15) is 0 Å². The number of benzene rings is 1. The number of carbonyl (C=O) groups is 1. The number of rotatable bonds is 4. The molecule has 3 N–H and O–H groups in total. The summed E-state index contributed by atoms with van der Waals surface area (Å²) in [6.07, 6.45) is 0. The summed E-state index contributed by atoms with van der Waals surface area (Å²) < 4.78 is 0.872. The SMILES string of the molecule is C=C(Br)CNc1ccc(C(N)=O)cc1. The Bertz CT molecular complexity index is 346. The summed E-state index contributed by atoms with van der Waals surface area (Å²) >= 11 is 3.24. The molecular weight excluding hydrogens is 244 g/mol. The van der Waals surface area contributed by atoms with Crippen molar-refractivity contribution in [3.8, 4) is 0 Å². The molecule has 1 aromatic rings. The van der Waals surface area contributed by atoms with E-state index in [1.165, 1.54) is 0 Å². The first kappa shape index (κ1) is 10.8. The fraction of sp³-hybridized carbons (Fsp3) is 0.100. The average molecular weight is 255 g/mol. The number of hydrogen-bond donors (Lipinski definition) is 2. The molecule has 0 atom stereocenters. The van der Waals surface area contributed by atoms with Crippen LogP contribution < -0.4 is 11.1 Å². The van der Waals surface area contributed by atoms with Gasteiger partial charge in [-0.1, -0.05) is 22.5 Å². The van der Waals surface area contributed by atoms with Crippen LogP contribution in [-0.2, 0) is 0 Å². The van der Waals surface area contributed by atoms with Crippen LogP contribution in [0.2, 0.25) is 0 Å². The van der Waals surface area contributed by atoms with Gasteiger partial charge in [0.05, 0.1) is 0 Å². The Labute approximate surface area is 91.1 Å². The Morgan fingerprint density at radius 2 is 2.00 bits per heavy atom. The van der Waals surface area contributed by atoms with E-state index in [1.54, 1.807) is 24.3 Å². The topological polar surface area (TPSA) is 55.1 Å². The first-order valence-corrected chi connectivity index (χ1v) is 4.86. The number of nitrogens with one attached hydrogen (secondary N) is 1. The monoisotopic (exact) mass is 254 g/mol. The van der Waals surface area contributed by atoms with Crippen molar-refractivity contribution in [2.75, 3.05) is 11.9 Å². The zero-order valence-corrected chi connectivity index (χ0v) is 9.17. The zero-order valence-electron chi connectivity index (χ0n) is 7.59. The highest BCUT2D eigenvalue weighted by atomic mass is 79.9. The molecule has 1 amide bonds. The van der Waals surface area contributed by atoms with Gasteiger partial charge in [-0.05, 0) is 24.3 Å². The lowest BCUT2D eigenvalue weighted by atomic mass is 10.2. The van der Waals surface area contributed by atoms with E-state index in [0.717, 1.165) is 10.2 Å². The van der Waals surface area contributed by atoms with Crippen molar-refractivity contribution in [3.05, 3.63) is 40.9 Å². The quantitative estimate of drug-likeness (QED) is 0.865. The summed E-state index contributed by atoms with van der Waals surface area (Å²) in [4.78, 5) is 10.8. The number of primary amides is 1. The van der Waals surface area contributed by atoms with Crippen LogP contribution in [0.3, 0.4) is 0 Å². The van der Waals surface area contributed by atoms with Crippen LogP contribution in [0.1, 0.15) is 10.4 Å². The first-order valence-electron chi connectivity index (χ1n) is 4.06. The Hall–Kier alpha value is -1.29. The van der Waals surface area contributed by atoms with Crippen LogP contribution in [0.4, 0.5) is 5.69 Å². The van der Waals surface area contributed by atoms with E-state index < -0.39 is 5.91 Å². The zero-order chi connectivity index (χ0) is 10.6. The molecule has 4 heteroatoms. The van der Waals surface area contributed by atoms with Crippen molar-refractivity contribution in [1.82, 2.24) is 0 Å². The summed E-state index contributed by atoms with van der Waals surface area (Å²) in [5.74, 6) is -0.415. The second kappa shape index (κ2) is 4.81. The van der Waals surface area contributed by atoms with Crippen LogP contribution in [0, 0.1) is 0 Å². The first-order chi connectivity index (χ1) is 6.59. The Kier molecular flexibility index (Phi) is 3.71. The molecule has 0 aliphatic heterocycles. The standard InChI is InChI=1S/C10H11BrN2O/c1-7(11)6-13-9-4-2-8(3-5-9)10(12)14/h2-5,13H,1,6H2,(H2,12,14). The van der Waals surface area contributed by atoms with Gasteiger partial charge < -0.3 is 11.1 Å². The van der Waals surface area contributed by atoms with Gasteiger partial charge in [-0.3, -0.25) is 4.79 Å². The van der Waals surface area contributed by atoms with Gasteiger partial charge in [0.1, 0.15) is 0 Å². The highest BCUT2D eigenvalue weighted by molar-refractivity contribution is 9.11. The lowest BCUT2D eigenvalue weighted by molar-refractivity contribution is 0.100. The van der Waals surface area contributed by atoms with Crippen molar-refractivity contribution in [2.24, 2.45) is 5.73 Å². The second-order valence-corrected chi connectivity index (χ2v) is 3.93. The highest BCUT2D eigenvalue weighted by Gasteiger charge is 1.98. The van der Waals surface area contributed by atoms with Crippen LogP contribution >= 0.6 is 15.9 Å². The Balaban J connectivity index is 2.64. The molecule has 0 unspecified atom stereocenters. The van der Waals surface area contributed by atoms with Gasteiger partial charge in [0.2, 0.25) is 5.91 Å². The molecule has 1 rings (SSSR count). The fourth-order valence-corrected chi connectivity index (χ4v) is 1.09. The predicted molar refractivity (Wildman–Crippen MR) is 61.5 cm³/mol. The predicted octanol–water partition coefficient (Wildman–Crippen LogP) is 2.11. The number of anilines is 1. The maximum atomic E-state index is 10.8. The maximum Gasteiger partial charge on any atom is 0.248 e. The molecule has 0 saturated carbocycles. The molecule has 0 spiro atoms. The number of carbonyl (C=O) groups excluding carboxylic acids is 1. The van der Waals surface area contributed by atoms with Gasteiger partial charge in [-0.25, -0.2) is 0 Å². The molecule has 1 aromatic carbocycles. The van der Waals surface area contributed by atoms with Crippen molar-refractivity contribution < 1.29 is 4.79 Å². The van der Waals surface area contributed by atoms with Crippen molar-refractivity contribution in [2.45, 2.75) is 0 Å². The van der Waals surface area contributed by atoms with E-state index in [-0.39, 0.29) is 0 Å². The van der Waals surface area contributed by atoms with Gasteiger partial charge in [0.15, 0.2) is 0 Å². The fourth-order valence-electron chi connectivity index (χ4n) is 0.950. The van der Waals surface area contributed by atoms with Crippen molar-refractivity contribution >= 4 is 27.5 Å². The van der Waals surface area contributed by atoms with Crippen molar-refractivity contribution in [3.63, 3.8) is 0 Å². The van der Waals surface area contributed by atoms with Gasteiger partial charge in [0.25, 0.3) is 0 Å². The smallest absolute Gasteiger partial charge is 0.248 e. The molecule has 0 radical (unpaired) electrons. The van der Waals surface area contributed by atoms with Crippen LogP contribution in [0.5, 0.6) is 0 Å². The molecule has 0 aliphatic carbocycles. The molecule has 0 bridgehead atoms. The molecule has 0 fully saturated rings. The number of nitrogens with two attached hydrogens (primary N) is 1. The normalized spacial score (nSPS) is 9.50. The van der Waals surface area contributed by atoms with E-state index in [2.05, 4.69) is 27.8 Å². The molecule has 0 heterocycles. The number of halogens is 1. The van der Waals surface area contributed by atoms with E-state index in [9.17, 15) is 4.79 Å². The number of amides is 1. The van der Waals surface area contributed by atoms with Crippen LogP contribution in [0.15, 0.2) is 35.3 Å². The molecule has 14 heavy (non-hydrogen) atoms. The third kappa shape index (κ3) is 3.22. The highest BCUT2D eigenvalue weighted by Crippen LogP contribution is 2.10. The summed E-state index contributed by atoms with van der Waals surface area (Å²) in [7, 11) is 0. The largest absolute Gasteiger partial charge is 0.380 e. The van der Waals surface area contributed by atoms with Gasteiger partial charge in [0, 0.05) is 22.3 Å². The minimum Gasteiger partial charge on any atom is -0.380 e. The third-order valence-electron chi connectivity index (χ3n) is 1.65. The molecule has 0 saturated heterocycles. The summed E-state index contributed by atoms with van der Waals surface area (Å²) in [6.45, 7) is 4.34. The summed E-state index contributed by atoms with van der Waals surface area (Å²) in [5.41, 5.74) is 6.54. The minimum absolute atomic E-state index is 0.415. The molecule has 0 aromatic heterocycles. The average Bonchev–Trinajstić information content (AvgIpc) is 2.15. The van der Waals surface area contributed by atoms with Gasteiger partial charge >= 0.3 is 0 Å². The number of hydrogen-bond acceptors (Lipinski definition) is 2. The Morgan fingerprint density at radius 3 is 2.43 bits per heavy atom. The van der Waals surface area contributed by atoms with Crippen LogP contribution in [0.25, 0.3) is 0 Å². The third-order valence-corrected chi connectivity index (χ3v) is 1.93. The maximum absolute atomic E-state index is 10.8. The molecular formula is C10H11BrN2O. The second-order valence-electron chi connectivity index (χ2n) is 2.81. The molecule has 74 valence electrons. The minimum atomic E-state index is -0.415. The summed E-state index contributed by atoms with van der Waals surface area (Å²) in [6, 6.07) is 6.97. The van der Waals surface area contributed by atoms with Gasteiger partial charge in [-0.15, -0.1) is 0 Å². The van der Waals surface area contributed by atoms with E-state index in [1.807, 2.05) is 0 Å². The van der Waals surface area contributed by atoms with E-state index >= 15 is 0 Å². The summed E-state index contributed by atoms with van der Waals surface area (Å²) in [5, 5.41) is 3.11. The van der Waals surface area contributed by atoms with Crippen molar-refractivity contribution in [1.29, 1.82) is 0 Å². The van der Waals surface area contributed by atoms with E-state index in [0.29, 0.717) is 12.1 Å². The lowest BCUT2D eigenvalue weighted by Gasteiger charge is -2.04. The lowest BCUT2D eigenvalue weighted by Crippen LogP contribution is -2.10.